The van der Waals surface area contributed by atoms with Gasteiger partial charge >= 0.3 is 12.5 Å². The molecule has 3 rings (SSSR count). The van der Waals surface area contributed by atoms with Gasteiger partial charge in [-0.05, 0) is 30.3 Å². The van der Waals surface area contributed by atoms with Gasteiger partial charge in [-0.25, -0.2) is 13.8 Å². The molecule has 1 aromatic carbocycles. The summed E-state index contributed by atoms with van der Waals surface area (Å²) in [5.74, 6) is 0.173. The van der Waals surface area contributed by atoms with E-state index in [1.54, 1.807) is 24.3 Å². The highest BCUT2D eigenvalue weighted by Crippen LogP contribution is 2.31. The van der Waals surface area contributed by atoms with Gasteiger partial charge in [-0.1, -0.05) is 12.1 Å². The molecular weight excluding hydrogens is 324 g/mol. The second-order valence-corrected chi connectivity index (χ2v) is 4.96. The van der Waals surface area contributed by atoms with Crippen molar-refractivity contribution in [2.75, 3.05) is 0 Å². The number of para-hydroxylation sites is 2. The number of alkyl halides is 4. The number of benzene rings is 1. The van der Waals surface area contributed by atoms with Crippen molar-refractivity contribution < 1.29 is 17.6 Å². The van der Waals surface area contributed by atoms with E-state index in [0.29, 0.717) is 11.0 Å². The lowest BCUT2D eigenvalue weighted by Crippen LogP contribution is -2.31. The van der Waals surface area contributed by atoms with E-state index in [2.05, 4.69) is 9.97 Å². The zero-order valence-electron chi connectivity index (χ0n) is 12.0. The van der Waals surface area contributed by atoms with E-state index in [9.17, 15) is 22.8 Å². The Morgan fingerprint density at radius 2 is 2.00 bits per heavy atom. The number of hydrogen-bond acceptors (Lipinski definition) is 2. The van der Waals surface area contributed by atoms with Gasteiger partial charge in [0.2, 0.25) is 0 Å². The Morgan fingerprint density at radius 1 is 1.25 bits per heavy atom. The van der Waals surface area contributed by atoms with Gasteiger partial charge in [0.25, 0.3) is 0 Å². The van der Waals surface area contributed by atoms with E-state index in [1.165, 1.54) is 12.1 Å². The summed E-state index contributed by atoms with van der Waals surface area (Å²) >= 11 is 0. The molecule has 2 heterocycles. The summed E-state index contributed by atoms with van der Waals surface area (Å²) < 4.78 is 52.4. The summed E-state index contributed by atoms with van der Waals surface area (Å²) in [4.78, 5) is 7.09. The molecule has 4 nitrogen and oxygen atoms in total. The van der Waals surface area contributed by atoms with Crippen molar-refractivity contribution >= 4 is 22.7 Å². The second kappa shape index (κ2) is 5.85. The first kappa shape index (κ1) is 15.8. The van der Waals surface area contributed by atoms with Crippen LogP contribution in [0, 0.1) is 11.3 Å². The third kappa shape index (κ3) is 2.65. The predicted octanol–water partition coefficient (Wildman–Crippen LogP) is 4.24. The maximum atomic E-state index is 13.6. The Labute approximate surface area is 133 Å². The Morgan fingerprint density at radius 3 is 2.67 bits per heavy atom. The Kier molecular flexibility index (Phi) is 3.85. The van der Waals surface area contributed by atoms with E-state index >= 15 is 0 Å². The van der Waals surface area contributed by atoms with E-state index in [1.807, 2.05) is 6.07 Å². The van der Waals surface area contributed by atoms with E-state index in [-0.39, 0.29) is 21.7 Å². The van der Waals surface area contributed by atoms with Crippen LogP contribution >= 0.6 is 0 Å². The van der Waals surface area contributed by atoms with Crippen molar-refractivity contribution in [2.45, 2.75) is 12.5 Å². The fraction of sp³-hybridized carbons (Fsp3) is 0.125. The molecule has 1 N–H and O–H groups in total. The number of hydrogen-bond donors (Lipinski definition) is 1. The van der Waals surface area contributed by atoms with E-state index in [4.69, 9.17) is 0 Å². The van der Waals surface area contributed by atoms with Crippen LogP contribution < -0.4 is 0 Å². The summed E-state index contributed by atoms with van der Waals surface area (Å²) in [6.45, 7) is 0. The van der Waals surface area contributed by atoms with Crippen LogP contribution in [0.3, 0.4) is 0 Å². The maximum Gasteiger partial charge on any atom is 0.389 e. The number of H-pyrrole nitrogens is 1. The van der Waals surface area contributed by atoms with Crippen LogP contribution in [0.25, 0.3) is 22.7 Å². The van der Waals surface area contributed by atoms with Crippen molar-refractivity contribution in [2.24, 2.45) is 0 Å². The smallest absolute Gasteiger partial charge is 0.337 e. The van der Waals surface area contributed by atoms with Gasteiger partial charge < -0.3 is 4.98 Å². The molecule has 0 atom stereocenters. The third-order valence-corrected chi connectivity index (χ3v) is 3.42. The number of halogens is 4. The Balaban J connectivity index is 2.07. The fourth-order valence-corrected chi connectivity index (χ4v) is 2.27. The molecule has 24 heavy (non-hydrogen) atoms. The molecule has 0 spiro atoms. The molecule has 0 unspecified atom stereocenters. The zero-order valence-corrected chi connectivity index (χ0v) is 12.0. The van der Waals surface area contributed by atoms with Gasteiger partial charge in [0.05, 0.1) is 16.6 Å². The summed E-state index contributed by atoms with van der Waals surface area (Å²) in [6, 6.07) is 6.90. The first-order chi connectivity index (χ1) is 11.4. The lowest BCUT2D eigenvalue weighted by atomic mass is 10.2. The summed E-state index contributed by atoms with van der Waals surface area (Å²) in [7, 11) is 0. The number of imidazole rings is 1. The van der Waals surface area contributed by atoms with Gasteiger partial charge in [0.1, 0.15) is 11.9 Å². The van der Waals surface area contributed by atoms with Crippen LogP contribution in [0.2, 0.25) is 0 Å². The predicted molar refractivity (Wildman–Crippen MR) is 80.2 cm³/mol. The molecule has 2 aromatic heterocycles. The molecule has 3 aromatic rings. The van der Waals surface area contributed by atoms with Crippen LogP contribution in [0.1, 0.15) is 11.5 Å². The fourth-order valence-electron chi connectivity index (χ4n) is 2.27. The first-order valence-corrected chi connectivity index (χ1v) is 6.84. The minimum absolute atomic E-state index is 0.0452. The Hall–Kier alpha value is -3.08. The van der Waals surface area contributed by atoms with Gasteiger partial charge in [-0.2, -0.15) is 14.0 Å². The van der Waals surface area contributed by atoms with Gasteiger partial charge in [-0.3, -0.25) is 4.57 Å². The number of aromatic nitrogens is 3. The molecule has 122 valence electrons. The number of nitrogens with one attached hydrogen (secondary N) is 1. The van der Waals surface area contributed by atoms with Gasteiger partial charge in [0, 0.05) is 11.9 Å². The van der Waals surface area contributed by atoms with E-state index in [0.717, 1.165) is 12.3 Å². The largest absolute Gasteiger partial charge is 0.389 e. The number of aromatic amines is 1. The Bertz CT molecular complexity index is 913. The molecule has 0 aliphatic heterocycles. The monoisotopic (exact) mass is 334 g/mol. The summed E-state index contributed by atoms with van der Waals surface area (Å²) in [6.07, 6.45) is -1.94. The minimum atomic E-state index is -4.37. The molecule has 8 heteroatoms. The highest BCUT2D eigenvalue weighted by atomic mass is 19.3. The highest BCUT2D eigenvalue weighted by Gasteiger charge is 2.43. The van der Waals surface area contributed by atoms with E-state index < -0.39 is 12.5 Å². The van der Waals surface area contributed by atoms with Crippen molar-refractivity contribution in [3.05, 3.63) is 54.1 Å². The van der Waals surface area contributed by atoms with Crippen LogP contribution in [-0.2, 0) is 6.05 Å². The quantitative estimate of drug-likeness (QED) is 0.573. The molecule has 0 saturated heterocycles. The number of nitrogens with zero attached hydrogens (tertiary/aromatic N) is 3. The van der Waals surface area contributed by atoms with Crippen LogP contribution in [0.5, 0.6) is 0 Å². The number of allylic oxidation sites excluding steroid dienone is 1. The minimum Gasteiger partial charge on any atom is -0.337 e. The number of fused-ring (bicyclic) bond motifs is 1. The average Bonchev–Trinajstić information content (AvgIpc) is 3.18. The van der Waals surface area contributed by atoms with Crippen LogP contribution in [0.15, 0.2) is 42.6 Å². The average molecular weight is 334 g/mol. The van der Waals surface area contributed by atoms with Gasteiger partial charge in [-0.15, -0.1) is 0 Å². The number of rotatable bonds is 4. The van der Waals surface area contributed by atoms with Crippen LogP contribution in [0.4, 0.5) is 17.6 Å². The standard InChI is InChI=1S/C16H10F4N4/c17-15(18)16(19,20)24-7-3-4-11(24)8-10(9-21)14-22-12-5-1-2-6-13(12)23-14/h1-8,15H,(H,22,23). The van der Waals surface area contributed by atoms with Crippen molar-refractivity contribution in [3.8, 4) is 6.07 Å². The second-order valence-electron chi connectivity index (χ2n) is 4.96. The highest BCUT2D eigenvalue weighted by molar-refractivity contribution is 5.89. The van der Waals surface area contributed by atoms with Crippen molar-refractivity contribution in [1.82, 2.24) is 14.5 Å². The topological polar surface area (TPSA) is 57.4 Å². The number of nitriles is 1. The maximum absolute atomic E-state index is 13.6. The van der Waals surface area contributed by atoms with Crippen LogP contribution in [-0.4, -0.2) is 21.0 Å². The molecular formula is C16H10F4N4. The summed E-state index contributed by atoms with van der Waals surface area (Å²) in [5.41, 5.74) is 0.998. The first-order valence-electron chi connectivity index (χ1n) is 6.84. The van der Waals surface area contributed by atoms with Gasteiger partial charge in [0.15, 0.2) is 0 Å². The SMILES string of the molecule is N#CC(=Cc1cccn1C(F)(F)C(F)F)c1nc2ccccc2[nH]1. The molecule has 0 aliphatic rings. The third-order valence-electron chi connectivity index (χ3n) is 3.42. The summed E-state index contributed by atoms with van der Waals surface area (Å²) in [5, 5.41) is 9.28. The normalized spacial score (nSPS) is 12.8. The molecule has 0 radical (unpaired) electrons. The lowest BCUT2D eigenvalue weighted by molar-refractivity contribution is -0.189. The van der Waals surface area contributed by atoms with Crippen molar-refractivity contribution in [3.63, 3.8) is 0 Å². The lowest BCUT2D eigenvalue weighted by Gasteiger charge is -2.18. The molecule has 0 aliphatic carbocycles. The van der Waals surface area contributed by atoms with Crippen molar-refractivity contribution in [1.29, 1.82) is 5.26 Å². The molecule has 0 fully saturated rings. The zero-order chi connectivity index (χ0) is 17.3. The molecule has 0 amide bonds. The molecule has 0 saturated carbocycles. The molecule has 0 bridgehead atoms.